The zero-order valence-corrected chi connectivity index (χ0v) is 13.3. The molecule has 0 aliphatic heterocycles. The molecule has 0 bridgehead atoms. The van der Waals surface area contributed by atoms with Crippen molar-refractivity contribution in [1.29, 1.82) is 0 Å². The van der Waals surface area contributed by atoms with E-state index in [4.69, 9.17) is 16.3 Å². The molecule has 0 unspecified atom stereocenters. The van der Waals surface area contributed by atoms with Gasteiger partial charge in [0.2, 0.25) is 5.88 Å². The predicted octanol–water partition coefficient (Wildman–Crippen LogP) is 0.908. The zero-order chi connectivity index (χ0) is 16.1. The van der Waals surface area contributed by atoms with Gasteiger partial charge in [0.25, 0.3) is 5.56 Å². The number of aryl methyl sites for hydroxylation is 1. The molecule has 0 spiro atoms. The van der Waals surface area contributed by atoms with Crippen molar-refractivity contribution in [2.75, 3.05) is 32.6 Å². The Balaban J connectivity index is 2.04. The first kappa shape index (κ1) is 16.2. The van der Waals surface area contributed by atoms with Gasteiger partial charge in [0.05, 0.1) is 12.4 Å². The van der Waals surface area contributed by atoms with Crippen molar-refractivity contribution in [3.05, 3.63) is 34.0 Å². The summed E-state index contributed by atoms with van der Waals surface area (Å²) in [5.41, 5.74) is -0.0319. The molecule has 2 heterocycles. The standard InChI is InChI=1S/C13H17ClN6O2/c1-19(2)4-5-22-12-8-15-11(7-16-12)17-9-6-10(14)18-20(3)13(9)21/h6-8H,4-5H2,1-3H3,(H,15,17). The lowest BCUT2D eigenvalue weighted by atomic mass is 10.4. The predicted molar refractivity (Wildman–Crippen MR) is 83.9 cm³/mol. The number of ether oxygens (including phenoxy) is 1. The van der Waals surface area contributed by atoms with Crippen LogP contribution in [0.1, 0.15) is 0 Å². The highest BCUT2D eigenvalue weighted by atomic mass is 35.5. The Hall–Kier alpha value is -2.19. The van der Waals surface area contributed by atoms with Gasteiger partial charge < -0.3 is 15.0 Å². The minimum atomic E-state index is -0.308. The summed E-state index contributed by atoms with van der Waals surface area (Å²) in [4.78, 5) is 22.2. The third kappa shape index (κ3) is 4.40. The van der Waals surface area contributed by atoms with Crippen molar-refractivity contribution >= 4 is 23.1 Å². The van der Waals surface area contributed by atoms with Gasteiger partial charge in [-0.05, 0) is 14.1 Å². The van der Waals surface area contributed by atoms with Gasteiger partial charge in [-0.3, -0.25) is 4.79 Å². The van der Waals surface area contributed by atoms with Gasteiger partial charge in [-0.1, -0.05) is 11.6 Å². The van der Waals surface area contributed by atoms with Crippen molar-refractivity contribution in [3.8, 4) is 5.88 Å². The molecule has 2 aromatic heterocycles. The fraction of sp³-hybridized carbons (Fsp3) is 0.385. The van der Waals surface area contributed by atoms with Crippen molar-refractivity contribution in [2.45, 2.75) is 0 Å². The number of nitrogens with one attached hydrogen (secondary N) is 1. The summed E-state index contributed by atoms with van der Waals surface area (Å²) >= 11 is 5.83. The maximum absolute atomic E-state index is 11.9. The topological polar surface area (TPSA) is 85.2 Å². The van der Waals surface area contributed by atoms with E-state index in [1.807, 2.05) is 19.0 Å². The molecule has 0 saturated heterocycles. The number of halogens is 1. The lowest BCUT2D eigenvalue weighted by Crippen LogP contribution is -2.22. The van der Waals surface area contributed by atoms with Crippen LogP contribution in [0.3, 0.4) is 0 Å². The average molecular weight is 325 g/mol. The number of hydrogen-bond donors (Lipinski definition) is 1. The first-order valence-corrected chi connectivity index (χ1v) is 6.94. The summed E-state index contributed by atoms with van der Waals surface area (Å²) in [7, 11) is 5.44. The normalized spacial score (nSPS) is 10.8. The average Bonchev–Trinajstić information content (AvgIpc) is 2.45. The lowest BCUT2D eigenvalue weighted by molar-refractivity contribution is 0.253. The summed E-state index contributed by atoms with van der Waals surface area (Å²) in [5.74, 6) is 0.840. The number of nitrogens with zero attached hydrogens (tertiary/aromatic N) is 5. The molecule has 8 nitrogen and oxygen atoms in total. The summed E-state index contributed by atoms with van der Waals surface area (Å²) in [6, 6.07) is 1.44. The third-order valence-electron chi connectivity index (χ3n) is 2.71. The fourth-order valence-corrected chi connectivity index (χ4v) is 1.81. The van der Waals surface area contributed by atoms with Crippen LogP contribution in [0.4, 0.5) is 11.5 Å². The van der Waals surface area contributed by atoms with Crippen LogP contribution < -0.4 is 15.6 Å². The molecule has 2 rings (SSSR count). The van der Waals surface area contributed by atoms with Gasteiger partial charge >= 0.3 is 0 Å². The Morgan fingerprint density at radius 1 is 1.36 bits per heavy atom. The summed E-state index contributed by atoms with van der Waals surface area (Å²) in [5, 5.41) is 6.88. The number of aromatic nitrogens is 4. The highest BCUT2D eigenvalue weighted by molar-refractivity contribution is 6.29. The maximum Gasteiger partial charge on any atom is 0.290 e. The van der Waals surface area contributed by atoms with E-state index in [1.54, 1.807) is 0 Å². The zero-order valence-electron chi connectivity index (χ0n) is 12.6. The molecule has 0 atom stereocenters. The minimum absolute atomic E-state index is 0.209. The van der Waals surface area contributed by atoms with E-state index >= 15 is 0 Å². The van der Waals surface area contributed by atoms with Gasteiger partial charge in [0, 0.05) is 19.7 Å². The monoisotopic (exact) mass is 324 g/mol. The fourth-order valence-electron chi connectivity index (χ4n) is 1.59. The van der Waals surface area contributed by atoms with Gasteiger partial charge in [-0.15, -0.1) is 0 Å². The van der Waals surface area contributed by atoms with Crippen LogP contribution >= 0.6 is 11.6 Å². The summed E-state index contributed by atoms with van der Waals surface area (Å²) < 4.78 is 6.59. The van der Waals surface area contributed by atoms with Crippen LogP contribution in [0.25, 0.3) is 0 Å². The van der Waals surface area contributed by atoms with Crippen molar-refractivity contribution in [2.24, 2.45) is 7.05 Å². The van der Waals surface area contributed by atoms with Crippen LogP contribution in [-0.4, -0.2) is 51.9 Å². The Kier molecular flexibility index (Phi) is 5.29. The minimum Gasteiger partial charge on any atom is -0.475 e. The number of hydrogen-bond acceptors (Lipinski definition) is 7. The SMILES string of the molecule is CN(C)CCOc1cnc(Nc2cc(Cl)nn(C)c2=O)cn1. The van der Waals surface area contributed by atoms with Crippen molar-refractivity contribution in [1.82, 2.24) is 24.6 Å². The van der Waals surface area contributed by atoms with Crippen LogP contribution in [-0.2, 0) is 7.05 Å². The largest absolute Gasteiger partial charge is 0.475 e. The van der Waals surface area contributed by atoms with Gasteiger partial charge in [-0.2, -0.15) is 5.10 Å². The Morgan fingerprint density at radius 3 is 2.77 bits per heavy atom. The molecule has 0 saturated carbocycles. The first-order chi connectivity index (χ1) is 10.5. The van der Waals surface area contributed by atoms with Crippen molar-refractivity contribution in [3.63, 3.8) is 0 Å². The van der Waals surface area contributed by atoms with E-state index in [0.717, 1.165) is 11.2 Å². The molecule has 2 aromatic rings. The van der Waals surface area contributed by atoms with Crippen LogP contribution in [0, 0.1) is 0 Å². The maximum atomic E-state index is 11.9. The van der Waals surface area contributed by atoms with E-state index in [2.05, 4.69) is 20.4 Å². The first-order valence-electron chi connectivity index (χ1n) is 6.56. The van der Waals surface area contributed by atoms with Crippen LogP contribution in [0.5, 0.6) is 5.88 Å². The molecule has 0 aliphatic carbocycles. The molecular weight excluding hydrogens is 308 g/mol. The molecule has 0 aliphatic rings. The summed E-state index contributed by atoms with van der Waals surface area (Å²) in [6.07, 6.45) is 2.98. The van der Waals surface area contributed by atoms with Gasteiger partial charge in [0.15, 0.2) is 5.15 Å². The van der Waals surface area contributed by atoms with E-state index in [0.29, 0.717) is 18.3 Å². The molecule has 1 N–H and O–H groups in total. The molecule has 0 fully saturated rings. The molecule has 9 heteroatoms. The van der Waals surface area contributed by atoms with Gasteiger partial charge in [-0.25, -0.2) is 14.6 Å². The van der Waals surface area contributed by atoms with E-state index in [9.17, 15) is 4.79 Å². The lowest BCUT2D eigenvalue weighted by Gasteiger charge is -2.10. The Labute approximate surface area is 132 Å². The Bertz CT molecular complexity index is 686. The molecule has 118 valence electrons. The molecule has 0 aromatic carbocycles. The van der Waals surface area contributed by atoms with E-state index in [1.165, 1.54) is 25.5 Å². The van der Waals surface area contributed by atoms with Gasteiger partial charge in [0.1, 0.15) is 18.1 Å². The number of rotatable bonds is 6. The smallest absolute Gasteiger partial charge is 0.290 e. The van der Waals surface area contributed by atoms with Crippen molar-refractivity contribution < 1.29 is 4.74 Å². The number of likely N-dealkylation sites (N-methyl/N-ethyl adjacent to an activating group) is 1. The van der Waals surface area contributed by atoms with E-state index in [-0.39, 0.29) is 16.4 Å². The molecule has 22 heavy (non-hydrogen) atoms. The molecule has 0 radical (unpaired) electrons. The van der Waals surface area contributed by atoms with E-state index < -0.39 is 0 Å². The highest BCUT2D eigenvalue weighted by Gasteiger charge is 2.07. The third-order valence-corrected chi connectivity index (χ3v) is 2.90. The van der Waals surface area contributed by atoms with Crippen LogP contribution in [0.2, 0.25) is 5.15 Å². The second-order valence-corrected chi connectivity index (χ2v) is 5.21. The second-order valence-electron chi connectivity index (χ2n) is 4.83. The molecular formula is C13H17ClN6O2. The Morgan fingerprint density at radius 2 is 2.14 bits per heavy atom. The quantitative estimate of drug-likeness (QED) is 0.845. The summed E-state index contributed by atoms with van der Waals surface area (Å²) in [6.45, 7) is 1.31. The second kappa shape index (κ2) is 7.19. The number of anilines is 2. The molecule has 0 amide bonds. The highest BCUT2D eigenvalue weighted by Crippen LogP contribution is 2.14. The van der Waals surface area contributed by atoms with Crippen LogP contribution in [0.15, 0.2) is 23.3 Å².